The van der Waals surface area contributed by atoms with Crippen molar-refractivity contribution in [3.05, 3.63) is 24.2 Å². The molecular weight excluding hydrogens is 244 g/mol. The summed E-state index contributed by atoms with van der Waals surface area (Å²) in [5.41, 5.74) is 0.564. The Morgan fingerprint density at radius 3 is 2.68 bits per heavy atom. The maximum absolute atomic E-state index is 12.3. The van der Waals surface area contributed by atoms with Gasteiger partial charge in [0, 0.05) is 25.0 Å². The maximum Gasteiger partial charge on any atom is 0.257 e. The van der Waals surface area contributed by atoms with Crippen LogP contribution in [0.4, 0.5) is 0 Å². The third-order valence-electron chi connectivity index (χ3n) is 3.54. The summed E-state index contributed by atoms with van der Waals surface area (Å²) < 4.78 is 4.95. The highest BCUT2D eigenvalue weighted by atomic mass is 16.3. The Labute approximate surface area is 111 Å². The van der Waals surface area contributed by atoms with Crippen LogP contribution in [-0.2, 0) is 4.79 Å². The molecule has 1 heterocycles. The minimum Gasteiger partial charge on any atom is -0.472 e. The van der Waals surface area contributed by atoms with E-state index in [1.807, 2.05) is 0 Å². The van der Waals surface area contributed by atoms with E-state index in [2.05, 4.69) is 5.32 Å². The molecule has 0 aliphatic heterocycles. The second-order valence-electron chi connectivity index (χ2n) is 5.33. The van der Waals surface area contributed by atoms with Crippen molar-refractivity contribution in [1.82, 2.24) is 10.2 Å². The lowest BCUT2D eigenvalue weighted by Gasteiger charge is -2.21. The summed E-state index contributed by atoms with van der Waals surface area (Å²) in [5, 5.41) is 2.95. The molecule has 0 atom stereocenters. The largest absolute Gasteiger partial charge is 0.472 e. The summed E-state index contributed by atoms with van der Waals surface area (Å²) in [4.78, 5) is 25.8. The predicted molar refractivity (Wildman–Crippen MR) is 68.5 cm³/mol. The van der Waals surface area contributed by atoms with Crippen molar-refractivity contribution >= 4 is 11.8 Å². The van der Waals surface area contributed by atoms with E-state index in [-0.39, 0.29) is 11.8 Å². The Morgan fingerprint density at radius 1 is 1.32 bits per heavy atom. The quantitative estimate of drug-likeness (QED) is 0.846. The van der Waals surface area contributed by atoms with E-state index >= 15 is 0 Å². The lowest BCUT2D eigenvalue weighted by molar-refractivity contribution is -0.121. The van der Waals surface area contributed by atoms with Crippen molar-refractivity contribution in [2.24, 2.45) is 0 Å². The molecule has 0 radical (unpaired) electrons. The van der Waals surface area contributed by atoms with Gasteiger partial charge in [-0.1, -0.05) is 0 Å². The first-order chi connectivity index (χ1) is 9.24. The van der Waals surface area contributed by atoms with Crippen LogP contribution in [0.1, 0.15) is 42.5 Å². The first-order valence-corrected chi connectivity index (χ1v) is 6.86. The molecule has 2 saturated carbocycles. The number of hydrogen-bond donors (Lipinski definition) is 1. The number of furan rings is 1. The molecule has 1 aromatic heterocycles. The third-order valence-corrected chi connectivity index (χ3v) is 3.54. The molecule has 2 amide bonds. The summed E-state index contributed by atoms with van der Waals surface area (Å²) in [6.07, 6.45) is 7.59. The highest BCUT2D eigenvalue weighted by Gasteiger charge is 2.33. The number of hydrogen-bond acceptors (Lipinski definition) is 3. The monoisotopic (exact) mass is 262 g/mol. The van der Waals surface area contributed by atoms with Crippen LogP contribution in [0.15, 0.2) is 23.0 Å². The Balaban J connectivity index is 1.55. The van der Waals surface area contributed by atoms with Gasteiger partial charge in [0.2, 0.25) is 5.91 Å². The van der Waals surface area contributed by atoms with E-state index in [9.17, 15) is 9.59 Å². The van der Waals surface area contributed by atoms with Crippen LogP contribution in [0, 0.1) is 0 Å². The number of rotatable bonds is 6. The molecule has 102 valence electrons. The molecule has 0 spiro atoms. The van der Waals surface area contributed by atoms with Crippen molar-refractivity contribution in [2.75, 3.05) is 6.54 Å². The third kappa shape index (κ3) is 3.16. The second kappa shape index (κ2) is 5.07. The smallest absolute Gasteiger partial charge is 0.257 e. The van der Waals surface area contributed by atoms with Crippen LogP contribution >= 0.6 is 0 Å². The number of nitrogens with one attached hydrogen (secondary N) is 1. The van der Waals surface area contributed by atoms with Gasteiger partial charge in [0.25, 0.3) is 5.91 Å². The number of nitrogens with zero attached hydrogens (tertiary/aromatic N) is 1. The van der Waals surface area contributed by atoms with Gasteiger partial charge < -0.3 is 14.6 Å². The Kier molecular flexibility index (Phi) is 3.27. The van der Waals surface area contributed by atoms with Crippen molar-refractivity contribution in [2.45, 2.75) is 44.2 Å². The van der Waals surface area contributed by atoms with Gasteiger partial charge in [-0.15, -0.1) is 0 Å². The highest BCUT2D eigenvalue weighted by Crippen LogP contribution is 2.28. The van der Waals surface area contributed by atoms with Crippen LogP contribution in [0.25, 0.3) is 0 Å². The molecule has 2 aliphatic carbocycles. The molecule has 5 heteroatoms. The summed E-state index contributed by atoms with van der Waals surface area (Å²) in [6, 6.07) is 2.35. The zero-order valence-corrected chi connectivity index (χ0v) is 10.8. The second-order valence-corrected chi connectivity index (χ2v) is 5.33. The fraction of sp³-hybridized carbons (Fsp3) is 0.571. The first-order valence-electron chi connectivity index (χ1n) is 6.86. The van der Waals surface area contributed by atoms with Gasteiger partial charge in [0.05, 0.1) is 11.8 Å². The lowest BCUT2D eigenvalue weighted by atomic mass is 10.2. The molecule has 2 aliphatic rings. The normalized spacial score (nSPS) is 18.1. The molecule has 19 heavy (non-hydrogen) atoms. The molecule has 5 nitrogen and oxygen atoms in total. The Morgan fingerprint density at radius 2 is 2.11 bits per heavy atom. The van der Waals surface area contributed by atoms with Gasteiger partial charge in [-0.25, -0.2) is 0 Å². The molecule has 0 unspecified atom stereocenters. The van der Waals surface area contributed by atoms with Crippen molar-refractivity contribution in [1.29, 1.82) is 0 Å². The SMILES string of the molecule is O=C(CCN(C(=O)c1ccoc1)C1CC1)NC1CC1. The zero-order chi connectivity index (χ0) is 13.2. The topological polar surface area (TPSA) is 62.6 Å². The van der Waals surface area contributed by atoms with E-state index in [4.69, 9.17) is 4.42 Å². The molecular formula is C14H18N2O3. The Bertz CT molecular complexity index is 461. The molecule has 1 aromatic rings. The lowest BCUT2D eigenvalue weighted by Crippen LogP contribution is -2.37. The van der Waals surface area contributed by atoms with E-state index in [0.717, 1.165) is 25.7 Å². The molecule has 1 N–H and O–H groups in total. The number of carbonyl (C=O) groups is 2. The maximum atomic E-state index is 12.3. The molecule has 0 saturated heterocycles. The summed E-state index contributed by atoms with van der Waals surface area (Å²) in [7, 11) is 0. The van der Waals surface area contributed by atoms with Gasteiger partial charge in [-0.2, -0.15) is 0 Å². The minimum absolute atomic E-state index is 0.0320. The fourth-order valence-electron chi connectivity index (χ4n) is 2.14. The zero-order valence-electron chi connectivity index (χ0n) is 10.8. The van der Waals surface area contributed by atoms with Crippen molar-refractivity contribution < 1.29 is 14.0 Å². The van der Waals surface area contributed by atoms with Gasteiger partial charge >= 0.3 is 0 Å². The van der Waals surface area contributed by atoms with E-state index in [0.29, 0.717) is 30.6 Å². The Hall–Kier alpha value is -1.78. The summed E-state index contributed by atoms with van der Waals surface area (Å²) in [6.45, 7) is 0.493. The average Bonchev–Trinajstić information content (AvgIpc) is 3.32. The minimum atomic E-state index is -0.0320. The van der Waals surface area contributed by atoms with E-state index in [1.165, 1.54) is 12.5 Å². The number of amides is 2. The standard InChI is InChI=1S/C14H18N2O3/c17-13(15-11-1-2-11)5-7-16(12-3-4-12)14(18)10-6-8-19-9-10/h6,8-9,11-12H,1-5,7H2,(H,15,17). The fourth-order valence-corrected chi connectivity index (χ4v) is 2.14. The number of carbonyl (C=O) groups excluding carboxylic acids is 2. The van der Waals surface area contributed by atoms with Crippen molar-refractivity contribution in [3.63, 3.8) is 0 Å². The van der Waals surface area contributed by atoms with Gasteiger partial charge in [-0.3, -0.25) is 9.59 Å². The highest BCUT2D eigenvalue weighted by molar-refractivity contribution is 5.94. The van der Waals surface area contributed by atoms with E-state index < -0.39 is 0 Å². The van der Waals surface area contributed by atoms with Crippen LogP contribution < -0.4 is 5.32 Å². The molecule has 0 bridgehead atoms. The van der Waals surface area contributed by atoms with Crippen LogP contribution in [0.3, 0.4) is 0 Å². The average molecular weight is 262 g/mol. The molecule has 2 fully saturated rings. The van der Waals surface area contributed by atoms with Crippen LogP contribution in [0.2, 0.25) is 0 Å². The van der Waals surface area contributed by atoms with Gasteiger partial charge in [0.15, 0.2) is 0 Å². The first kappa shape index (κ1) is 12.3. The summed E-state index contributed by atoms with van der Waals surface area (Å²) >= 11 is 0. The molecule has 0 aromatic carbocycles. The van der Waals surface area contributed by atoms with Crippen LogP contribution in [0.5, 0.6) is 0 Å². The van der Waals surface area contributed by atoms with E-state index in [1.54, 1.807) is 11.0 Å². The van der Waals surface area contributed by atoms with Gasteiger partial charge in [0.1, 0.15) is 6.26 Å². The van der Waals surface area contributed by atoms with Gasteiger partial charge in [-0.05, 0) is 31.7 Å². The van der Waals surface area contributed by atoms with Crippen molar-refractivity contribution in [3.8, 4) is 0 Å². The summed E-state index contributed by atoms with van der Waals surface area (Å²) in [5.74, 6) is 0.0172. The molecule has 3 rings (SSSR count). The predicted octanol–water partition coefficient (Wildman–Crippen LogP) is 1.55. The van der Waals surface area contributed by atoms with Crippen LogP contribution in [-0.4, -0.2) is 35.3 Å².